The summed E-state index contributed by atoms with van der Waals surface area (Å²) in [7, 11) is 0. The minimum absolute atomic E-state index is 0.165. The van der Waals surface area contributed by atoms with Crippen molar-refractivity contribution in [2.75, 3.05) is 26.4 Å². The van der Waals surface area contributed by atoms with Crippen molar-refractivity contribution in [3.8, 4) is 0 Å². The Morgan fingerprint density at radius 1 is 1.45 bits per heavy atom. The first kappa shape index (κ1) is 7.53. The molecule has 2 rings (SSSR count). The van der Waals surface area contributed by atoms with E-state index in [0.29, 0.717) is 12.6 Å². The van der Waals surface area contributed by atoms with Crippen LogP contribution >= 0.6 is 0 Å². The van der Waals surface area contributed by atoms with Crippen LogP contribution in [0.2, 0.25) is 0 Å². The highest BCUT2D eigenvalue weighted by Gasteiger charge is 2.45. The summed E-state index contributed by atoms with van der Waals surface area (Å²) in [6, 6.07) is 0. The van der Waals surface area contributed by atoms with Gasteiger partial charge >= 0.3 is 0 Å². The van der Waals surface area contributed by atoms with Crippen molar-refractivity contribution in [1.82, 2.24) is 0 Å². The molecule has 2 N–H and O–H groups in total. The number of nitrogens with two attached hydrogens (primary N) is 1. The fourth-order valence-electron chi connectivity index (χ4n) is 2.06. The first-order valence-electron chi connectivity index (χ1n) is 4.27. The zero-order valence-corrected chi connectivity index (χ0v) is 6.71. The van der Waals surface area contributed by atoms with Crippen molar-refractivity contribution in [2.24, 2.45) is 11.1 Å². The Morgan fingerprint density at radius 2 is 2.36 bits per heavy atom. The number of fused-ring (bicyclic) bond motifs is 1. The Bertz CT molecular complexity index is 151. The molecule has 0 amide bonds. The molecule has 0 aromatic heterocycles. The molecular weight excluding hydrogens is 142 g/mol. The summed E-state index contributed by atoms with van der Waals surface area (Å²) < 4.78 is 11.0. The summed E-state index contributed by atoms with van der Waals surface area (Å²) in [6.07, 6.45) is 2.48. The molecule has 64 valence electrons. The van der Waals surface area contributed by atoms with Gasteiger partial charge < -0.3 is 15.2 Å². The predicted molar refractivity (Wildman–Crippen MR) is 41.3 cm³/mol. The third-order valence-corrected chi connectivity index (χ3v) is 2.92. The molecule has 0 unspecified atom stereocenters. The Hall–Kier alpha value is -0.120. The Kier molecular flexibility index (Phi) is 1.87. The van der Waals surface area contributed by atoms with Gasteiger partial charge in [0.15, 0.2) is 0 Å². The zero-order valence-electron chi connectivity index (χ0n) is 6.71. The first-order chi connectivity index (χ1) is 5.37. The maximum Gasteiger partial charge on any atom is 0.0688 e. The van der Waals surface area contributed by atoms with E-state index in [0.717, 1.165) is 32.7 Å². The highest BCUT2D eigenvalue weighted by Crippen LogP contribution is 2.38. The Labute approximate surface area is 66.8 Å². The van der Waals surface area contributed by atoms with Gasteiger partial charge in [0.05, 0.1) is 12.7 Å². The van der Waals surface area contributed by atoms with Gasteiger partial charge in [-0.25, -0.2) is 0 Å². The molecule has 2 atom stereocenters. The van der Waals surface area contributed by atoms with Crippen LogP contribution in [-0.4, -0.2) is 32.5 Å². The maximum atomic E-state index is 5.72. The zero-order chi connectivity index (χ0) is 7.73. The van der Waals surface area contributed by atoms with Crippen LogP contribution in [-0.2, 0) is 9.47 Å². The predicted octanol–water partition coefficient (Wildman–Crippen LogP) is 0.141. The van der Waals surface area contributed by atoms with Gasteiger partial charge in [0, 0.05) is 25.2 Å². The number of hydrogen-bond donors (Lipinski definition) is 1. The van der Waals surface area contributed by atoms with E-state index in [1.54, 1.807) is 0 Å². The quantitative estimate of drug-likeness (QED) is 0.589. The normalized spacial score (nSPS) is 43.9. The molecule has 0 aliphatic carbocycles. The average molecular weight is 157 g/mol. The lowest BCUT2D eigenvalue weighted by atomic mass is 9.79. The monoisotopic (exact) mass is 157 g/mol. The van der Waals surface area contributed by atoms with Crippen molar-refractivity contribution < 1.29 is 9.47 Å². The molecule has 2 aliphatic rings. The molecule has 3 heteroatoms. The lowest BCUT2D eigenvalue weighted by Crippen LogP contribution is -2.46. The Morgan fingerprint density at radius 3 is 3.09 bits per heavy atom. The molecule has 0 aromatic rings. The molecule has 0 saturated carbocycles. The van der Waals surface area contributed by atoms with Gasteiger partial charge in [-0.2, -0.15) is 0 Å². The molecule has 2 saturated heterocycles. The fraction of sp³-hybridized carbons (Fsp3) is 1.00. The number of hydrogen-bond acceptors (Lipinski definition) is 3. The van der Waals surface area contributed by atoms with E-state index >= 15 is 0 Å². The second-order valence-electron chi connectivity index (χ2n) is 3.52. The largest absolute Gasteiger partial charge is 0.381 e. The van der Waals surface area contributed by atoms with E-state index in [9.17, 15) is 0 Å². The van der Waals surface area contributed by atoms with Crippen molar-refractivity contribution in [3.63, 3.8) is 0 Å². The summed E-state index contributed by atoms with van der Waals surface area (Å²) in [6.45, 7) is 3.21. The van der Waals surface area contributed by atoms with Crippen molar-refractivity contribution in [2.45, 2.75) is 18.9 Å². The SMILES string of the molecule is NC[C@@]12CCO[C@H]1CCOC2. The van der Waals surface area contributed by atoms with Crippen molar-refractivity contribution in [1.29, 1.82) is 0 Å². The van der Waals surface area contributed by atoms with Gasteiger partial charge in [-0.05, 0) is 12.8 Å². The Balaban J connectivity index is 2.12. The smallest absolute Gasteiger partial charge is 0.0688 e. The minimum atomic E-state index is 0.165. The van der Waals surface area contributed by atoms with Gasteiger partial charge in [-0.15, -0.1) is 0 Å². The van der Waals surface area contributed by atoms with E-state index in [1.807, 2.05) is 0 Å². The summed E-state index contributed by atoms with van der Waals surface area (Å²) >= 11 is 0. The van der Waals surface area contributed by atoms with E-state index in [4.69, 9.17) is 15.2 Å². The van der Waals surface area contributed by atoms with Crippen LogP contribution < -0.4 is 5.73 Å². The van der Waals surface area contributed by atoms with Crippen molar-refractivity contribution >= 4 is 0 Å². The summed E-state index contributed by atoms with van der Waals surface area (Å²) in [5.74, 6) is 0. The highest BCUT2D eigenvalue weighted by atomic mass is 16.5. The number of ether oxygens (including phenoxy) is 2. The van der Waals surface area contributed by atoms with Gasteiger partial charge in [-0.3, -0.25) is 0 Å². The average Bonchev–Trinajstić information content (AvgIpc) is 2.48. The molecule has 0 spiro atoms. The molecule has 0 bridgehead atoms. The lowest BCUT2D eigenvalue weighted by Gasteiger charge is -2.36. The van der Waals surface area contributed by atoms with Crippen LogP contribution in [0.25, 0.3) is 0 Å². The first-order valence-corrected chi connectivity index (χ1v) is 4.27. The summed E-state index contributed by atoms with van der Waals surface area (Å²) in [5, 5.41) is 0. The van der Waals surface area contributed by atoms with E-state index in [-0.39, 0.29) is 5.41 Å². The maximum absolute atomic E-state index is 5.72. The summed E-state index contributed by atoms with van der Waals surface area (Å²) in [5.41, 5.74) is 5.88. The molecule has 3 nitrogen and oxygen atoms in total. The van der Waals surface area contributed by atoms with Gasteiger partial charge in [0.1, 0.15) is 0 Å². The number of rotatable bonds is 1. The van der Waals surface area contributed by atoms with Crippen LogP contribution in [0.15, 0.2) is 0 Å². The molecule has 0 aromatic carbocycles. The second-order valence-corrected chi connectivity index (χ2v) is 3.52. The fourth-order valence-corrected chi connectivity index (χ4v) is 2.06. The van der Waals surface area contributed by atoms with Gasteiger partial charge in [0.25, 0.3) is 0 Å². The molecule has 2 fully saturated rings. The molecular formula is C8H15NO2. The third kappa shape index (κ3) is 1.08. The topological polar surface area (TPSA) is 44.5 Å². The molecule has 0 radical (unpaired) electrons. The van der Waals surface area contributed by atoms with Crippen LogP contribution in [0.4, 0.5) is 0 Å². The van der Waals surface area contributed by atoms with E-state index in [2.05, 4.69) is 0 Å². The van der Waals surface area contributed by atoms with Crippen molar-refractivity contribution in [3.05, 3.63) is 0 Å². The van der Waals surface area contributed by atoms with E-state index in [1.165, 1.54) is 0 Å². The molecule has 2 heterocycles. The second kappa shape index (κ2) is 2.73. The van der Waals surface area contributed by atoms with Crippen LogP contribution in [0.1, 0.15) is 12.8 Å². The van der Waals surface area contributed by atoms with Gasteiger partial charge in [0.2, 0.25) is 0 Å². The van der Waals surface area contributed by atoms with Crippen LogP contribution in [0, 0.1) is 5.41 Å². The highest BCUT2D eigenvalue weighted by molar-refractivity contribution is 4.94. The van der Waals surface area contributed by atoms with Gasteiger partial charge in [-0.1, -0.05) is 0 Å². The van der Waals surface area contributed by atoms with Crippen LogP contribution in [0.3, 0.4) is 0 Å². The third-order valence-electron chi connectivity index (χ3n) is 2.92. The minimum Gasteiger partial charge on any atom is -0.381 e. The lowest BCUT2D eigenvalue weighted by molar-refractivity contribution is -0.0682. The summed E-state index contributed by atoms with van der Waals surface area (Å²) in [4.78, 5) is 0. The molecule has 11 heavy (non-hydrogen) atoms. The van der Waals surface area contributed by atoms with Crippen LogP contribution in [0.5, 0.6) is 0 Å². The molecule has 2 aliphatic heterocycles. The standard InChI is InChI=1S/C8H15NO2/c9-5-8-2-4-11-7(8)1-3-10-6-8/h7H,1-6,9H2/t7-,8+/m0/s1. The van der Waals surface area contributed by atoms with E-state index < -0.39 is 0 Å².